The summed E-state index contributed by atoms with van der Waals surface area (Å²) in [5.41, 5.74) is 8.60. The van der Waals surface area contributed by atoms with E-state index in [1.807, 2.05) is 6.20 Å². The molecule has 0 bridgehead atoms. The van der Waals surface area contributed by atoms with Gasteiger partial charge in [-0.05, 0) is 12.0 Å². The summed E-state index contributed by atoms with van der Waals surface area (Å²) < 4.78 is 0. The van der Waals surface area contributed by atoms with Crippen molar-refractivity contribution in [2.45, 2.75) is 12.6 Å². The second-order valence-corrected chi connectivity index (χ2v) is 6.18. The van der Waals surface area contributed by atoms with Crippen LogP contribution in [0.3, 0.4) is 0 Å². The number of nitrogens with one attached hydrogen (secondary N) is 1. The number of likely N-dealkylation sites (tertiary alicyclic amines) is 1. The molecule has 3 heterocycles. The number of thioether (sulfide) groups is 1. The van der Waals surface area contributed by atoms with Crippen molar-refractivity contribution in [2.24, 2.45) is 5.92 Å². The molecule has 1 fully saturated rings. The molecule has 6 nitrogen and oxygen atoms in total. The third-order valence-corrected chi connectivity index (χ3v) is 4.59. The van der Waals surface area contributed by atoms with Gasteiger partial charge in [-0.15, -0.1) is 0 Å². The van der Waals surface area contributed by atoms with Gasteiger partial charge in [-0.25, -0.2) is 9.97 Å². The zero-order valence-electron chi connectivity index (χ0n) is 11.4. The van der Waals surface area contributed by atoms with Crippen LogP contribution in [-0.4, -0.2) is 56.2 Å². The summed E-state index contributed by atoms with van der Waals surface area (Å²) in [6.07, 6.45) is 5.27. The number of nitrogens with two attached hydrogens (primary N) is 1. The summed E-state index contributed by atoms with van der Waals surface area (Å²) in [5.74, 6) is 1.83. The average molecular weight is 293 g/mol. The second-order valence-electron chi connectivity index (χ2n) is 5.27. The van der Waals surface area contributed by atoms with E-state index in [4.69, 9.17) is 5.73 Å². The minimum absolute atomic E-state index is 0.229. The number of aromatic amines is 1. The molecule has 0 spiro atoms. The molecule has 0 amide bonds. The Morgan fingerprint density at radius 2 is 2.35 bits per heavy atom. The van der Waals surface area contributed by atoms with Crippen LogP contribution in [0.15, 0.2) is 12.5 Å². The molecule has 2 atom stereocenters. The van der Waals surface area contributed by atoms with E-state index in [9.17, 15) is 5.11 Å². The van der Waals surface area contributed by atoms with Gasteiger partial charge in [0.05, 0.1) is 11.6 Å². The Kier molecular flexibility index (Phi) is 3.82. The monoisotopic (exact) mass is 293 g/mol. The average Bonchev–Trinajstić information content (AvgIpc) is 2.97. The number of nitrogens with zero attached hydrogens (tertiary/aromatic N) is 3. The molecular weight excluding hydrogens is 274 g/mol. The van der Waals surface area contributed by atoms with Crippen LogP contribution >= 0.6 is 11.8 Å². The third kappa shape index (κ3) is 2.48. The van der Waals surface area contributed by atoms with Gasteiger partial charge in [0.15, 0.2) is 5.82 Å². The van der Waals surface area contributed by atoms with Gasteiger partial charge in [0.1, 0.15) is 11.8 Å². The minimum Gasteiger partial charge on any atom is -0.391 e. The van der Waals surface area contributed by atoms with Crippen LogP contribution in [0.1, 0.15) is 5.56 Å². The summed E-state index contributed by atoms with van der Waals surface area (Å²) in [4.78, 5) is 13.7. The minimum atomic E-state index is -0.229. The summed E-state index contributed by atoms with van der Waals surface area (Å²) in [7, 11) is 0. The number of fused-ring (bicyclic) bond motifs is 1. The third-order valence-electron chi connectivity index (χ3n) is 3.83. The van der Waals surface area contributed by atoms with Crippen LogP contribution in [0.25, 0.3) is 11.0 Å². The largest absolute Gasteiger partial charge is 0.391 e. The first-order valence-electron chi connectivity index (χ1n) is 6.65. The molecule has 3 rings (SSSR count). The number of anilines is 1. The van der Waals surface area contributed by atoms with Crippen molar-refractivity contribution in [2.75, 3.05) is 30.8 Å². The maximum Gasteiger partial charge on any atom is 0.151 e. The lowest BCUT2D eigenvalue weighted by Crippen LogP contribution is -2.21. The number of rotatable bonds is 4. The molecule has 20 heavy (non-hydrogen) atoms. The highest BCUT2D eigenvalue weighted by molar-refractivity contribution is 7.98. The number of H-pyrrole nitrogens is 1. The fraction of sp³-hybridized carbons (Fsp3) is 0.538. The fourth-order valence-electron chi connectivity index (χ4n) is 2.82. The van der Waals surface area contributed by atoms with Crippen molar-refractivity contribution in [3.8, 4) is 0 Å². The van der Waals surface area contributed by atoms with E-state index in [1.54, 1.807) is 11.8 Å². The van der Waals surface area contributed by atoms with Gasteiger partial charge in [-0.1, -0.05) is 0 Å². The highest BCUT2D eigenvalue weighted by Crippen LogP contribution is 2.25. The molecule has 2 aromatic heterocycles. The number of β-amino-alcohol motifs (C(OH)–C–C–N with tert-alkyl or cyclic N) is 1. The van der Waals surface area contributed by atoms with E-state index in [1.165, 1.54) is 6.33 Å². The lowest BCUT2D eigenvalue weighted by Gasteiger charge is -2.14. The number of hydrogen-bond acceptors (Lipinski definition) is 6. The van der Waals surface area contributed by atoms with Gasteiger partial charge in [-0.2, -0.15) is 11.8 Å². The summed E-state index contributed by atoms with van der Waals surface area (Å²) in [5, 5.41) is 10.1. The zero-order valence-corrected chi connectivity index (χ0v) is 12.2. The first-order chi connectivity index (χ1) is 9.69. The lowest BCUT2D eigenvalue weighted by molar-refractivity contribution is 0.149. The normalized spacial score (nSPS) is 23.7. The first-order valence-corrected chi connectivity index (χ1v) is 8.04. The van der Waals surface area contributed by atoms with Gasteiger partial charge < -0.3 is 15.8 Å². The van der Waals surface area contributed by atoms with Crippen LogP contribution in [0.4, 0.5) is 5.82 Å². The van der Waals surface area contributed by atoms with Crippen LogP contribution in [0.2, 0.25) is 0 Å². The predicted octanol–water partition coefficient (Wildman–Crippen LogP) is 0.696. The first kappa shape index (κ1) is 13.7. The Bertz CT molecular complexity index is 601. The van der Waals surface area contributed by atoms with E-state index >= 15 is 0 Å². The molecule has 108 valence electrons. The highest BCUT2D eigenvalue weighted by atomic mass is 32.2. The molecule has 1 aliphatic rings. The SMILES string of the molecule is CSCC1CN(Cc2c[nH]c3c(N)ncnc23)C[C@H]1O. The zero-order chi connectivity index (χ0) is 14.1. The molecule has 1 aliphatic heterocycles. The molecule has 7 heteroatoms. The quantitative estimate of drug-likeness (QED) is 0.768. The van der Waals surface area contributed by atoms with Crippen LogP contribution in [0, 0.1) is 5.92 Å². The number of aliphatic hydroxyl groups excluding tert-OH is 1. The highest BCUT2D eigenvalue weighted by Gasteiger charge is 2.31. The van der Waals surface area contributed by atoms with Crippen molar-refractivity contribution >= 4 is 28.6 Å². The van der Waals surface area contributed by atoms with Gasteiger partial charge >= 0.3 is 0 Å². The van der Waals surface area contributed by atoms with Crippen LogP contribution in [-0.2, 0) is 6.54 Å². The Balaban J connectivity index is 1.76. The Morgan fingerprint density at radius 1 is 1.50 bits per heavy atom. The Labute approximate surface area is 121 Å². The van der Waals surface area contributed by atoms with E-state index in [-0.39, 0.29) is 6.10 Å². The molecule has 0 saturated carbocycles. The smallest absolute Gasteiger partial charge is 0.151 e. The molecule has 1 unspecified atom stereocenters. The molecule has 1 saturated heterocycles. The van der Waals surface area contributed by atoms with Crippen molar-refractivity contribution in [1.82, 2.24) is 19.9 Å². The maximum atomic E-state index is 10.1. The molecule has 4 N–H and O–H groups in total. The number of aromatic nitrogens is 3. The van der Waals surface area contributed by atoms with E-state index in [2.05, 4.69) is 26.1 Å². The van der Waals surface area contributed by atoms with Gasteiger partial charge in [0, 0.05) is 37.3 Å². The van der Waals surface area contributed by atoms with Gasteiger partial charge in [-0.3, -0.25) is 4.90 Å². The molecule has 0 aliphatic carbocycles. The van der Waals surface area contributed by atoms with Crippen molar-refractivity contribution in [1.29, 1.82) is 0 Å². The summed E-state index contributed by atoms with van der Waals surface area (Å²) >= 11 is 1.79. The van der Waals surface area contributed by atoms with Gasteiger partial charge in [0.2, 0.25) is 0 Å². The maximum absolute atomic E-state index is 10.1. The lowest BCUT2D eigenvalue weighted by atomic mass is 10.1. The fourth-order valence-corrected chi connectivity index (χ4v) is 3.58. The number of nitrogen functional groups attached to an aromatic ring is 1. The van der Waals surface area contributed by atoms with Crippen LogP contribution in [0.5, 0.6) is 0 Å². The Morgan fingerprint density at radius 3 is 3.15 bits per heavy atom. The van der Waals surface area contributed by atoms with E-state index in [0.29, 0.717) is 11.7 Å². The molecule has 2 aromatic rings. The van der Waals surface area contributed by atoms with E-state index in [0.717, 1.165) is 42.0 Å². The van der Waals surface area contributed by atoms with Crippen molar-refractivity contribution in [3.05, 3.63) is 18.1 Å². The van der Waals surface area contributed by atoms with Crippen molar-refractivity contribution < 1.29 is 5.11 Å². The standard InChI is InChI=1S/C13H19N5OS/c1-20-6-9-4-18(5-10(9)19)3-8-2-15-12-11(8)16-7-17-13(12)14/h2,7,9-10,15,19H,3-6H2,1H3,(H2,14,16,17)/t9?,10-/m1/s1. The molecular formula is C13H19N5OS. The van der Waals surface area contributed by atoms with E-state index < -0.39 is 0 Å². The summed E-state index contributed by atoms with van der Waals surface area (Å²) in [6, 6.07) is 0. The number of aliphatic hydroxyl groups is 1. The second kappa shape index (κ2) is 5.59. The van der Waals surface area contributed by atoms with Crippen LogP contribution < -0.4 is 5.73 Å². The number of hydrogen-bond donors (Lipinski definition) is 3. The predicted molar refractivity (Wildman–Crippen MR) is 81.5 cm³/mol. The van der Waals surface area contributed by atoms with Crippen molar-refractivity contribution in [3.63, 3.8) is 0 Å². The Hall–Kier alpha value is -1.31. The summed E-state index contributed by atoms with van der Waals surface area (Å²) in [6.45, 7) is 2.42. The molecule has 0 aromatic carbocycles. The van der Waals surface area contributed by atoms with Gasteiger partial charge in [0.25, 0.3) is 0 Å². The molecule has 0 radical (unpaired) electrons. The topological polar surface area (TPSA) is 91.1 Å².